The van der Waals surface area contributed by atoms with Gasteiger partial charge in [0.2, 0.25) is 5.89 Å². The predicted octanol–water partition coefficient (Wildman–Crippen LogP) is 1.44. The Morgan fingerprint density at radius 3 is 2.42 bits per heavy atom. The highest BCUT2D eigenvalue weighted by Crippen LogP contribution is 2.27. The Morgan fingerprint density at radius 2 is 1.89 bits per heavy atom. The molecule has 3 rings (SSSR count). The second-order valence-corrected chi connectivity index (χ2v) is 6.63. The first-order chi connectivity index (χ1) is 8.52. The Bertz CT molecular complexity index is 417. The van der Waals surface area contributed by atoms with Gasteiger partial charge >= 0.3 is 0 Å². The van der Waals surface area contributed by atoms with Gasteiger partial charge in [-0.3, -0.25) is 4.90 Å². The van der Waals surface area contributed by atoms with Crippen LogP contribution in [-0.2, 0) is 12.0 Å². The van der Waals surface area contributed by atoms with Gasteiger partial charge in [-0.15, -0.1) is 12.4 Å². The number of nitrogens with one attached hydrogen (secondary N) is 1. The van der Waals surface area contributed by atoms with Crippen molar-refractivity contribution in [1.29, 1.82) is 0 Å². The van der Waals surface area contributed by atoms with E-state index in [9.17, 15) is 0 Å². The van der Waals surface area contributed by atoms with E-state index in [0.29, 0.717) is 0 Å². The minimum absolute atomic E-state index is 0. The van der Waals surface area contributed by atoms with Crippen LogP contribution in [-0.4, -0.2) is 41.2 Å². The number of hydrogen-bond acceptors (Lipinski definition) is 5. The lowest BCUT2D eigenvalue weighted by Gasteiger charge is -2.14. The molecule has 0 amide bonds. The van der Waals surface area contributed by atoms with Crippen molar-refractivity contribution >= 4 is 12.4 Å². The first kappa shape index (κ1) is 14.8. The SMILES string of the molecule is CC(C)(C)c1noc(CN2C[C@H]3CNC[C@H]3C2)n1.Cl. The topological polar surface area (TPSA) is 54.2 Å². The predicted molar refractivity (Wildman–Crippen MR) is 75.4 cm³/mol. The average molecular weight is 287 g/mol. The molecule has 6 heteroatoms. The number of rotatable bonds is 2. The lowest BCUT2D eigenvalue weighted by atomic mass is 9.96. The third-order valence-corrected chi connectivity index (χ3v) is 3.96. The second kappa shape index (κ2) is 5.38. The zero-order valence-corrected chi connectivity index (χ0v) is 12.7. The molecule has 0 unspecified atom stereocenters. The first-order valence-electron chi connectivity index (χ1n) is 6.78. The largest absolute Gasteiger partial charge is 0.338 e. The molecule has 1 aromatic heterocycles. The molecule has 19 heavy (non-hydrogen) atoms. The van der Waals surface area contributed by atoms with Crippen molar-refractivity contribution in [2.45, 2.75) is 32.7 Å². The van der Waals surface area contributed by atoms with Gasteiger partial charge in [0.1, 0.15) is 0 Å². The summed E-state index contributed by atoms with van der Waals surface area (Å²) in [4.78, 5) is 6.94. The van der Waals surface area contributed by atoms with E-state index in [1.807, 2.05) is 0 Å². The highest BCUT2D eigenvalue weighted by atomic mass is 35.5. The van der Waals surface area contributed by atoms with Crippen LogP contribution in [0.4, 0.5) is 0 Å². The van der Waals surface area contributed by atoms with E-state index in [1.54, 1.807) is 0 Å². The molecule has 0 saturated carbocycles. The van der Waals surface area contributed by atoms with E-state index in [1.165, 1.54) is 0 Å². The van der Waals surface area contributed by atoms with E-state index in [2.05, 4.69) is 41.1 Å². The van der Waals surface area contributed by atoms with Crippen LogP contribution >= 0.6 is 12.4 Å². The molecule has 2 fully saturated rings. The molecule has 0 bridgehead atoms. The maximum Gasteiger partial charge on any atom is 0.240 e. The Balaban J connectivity index is 0.00000133. The minimum Gasteiger partial charge on any atom is -0.338 e. The van der Waals surface area contributed by atoms with Crippen LogP contribution in [0.3, 0.4) is 0 Å². The van der Waals surface area contributed by atoms with Crippen LogP contribution < -0.4 is 5.32 Å². The van der Waals surface area contributed by atoms with Gasteiger partial charge in [0.25, 0.3) is 0 Å². The summed E-state index contributed by atoms with van der Waals surface area (Å²) in [5, 5.41) is 7.53. The molecule has 5 nitrogen and oxygen atoms in total. The lowest BCUT2D eigenvalue weighted by molar-refractivity contribution is 0.252. The van der Waals surface area contributed by atoms with E-state index < -0.39 is 0 Å². The Morgan fingerprint density at radius 1 is 1.26 bits per heavy atom. The monoisotopic (exact) mass is 286 g/mol. The molecule has 3 heterocycles. The molecule has 108 valence electrons. The van der Waals surface area contributed by atoms with Crippen molar-refractivity contribution in [1.82, 2.24) is 20.4 Å². The lowest BCUT2D eigenvalue weighted by Crippen LogP contribution is -2.25. The molecule has 2 aliphatic rings. The standard InChI is InChI=1S/C13H22N4O.ClH/c1-13(2,3)12-15-11(18-16-12)8-17-6-9-4-14-5-10(9)7-17;/h9-10,14H,4-8H2,1-3H3;1H/t9-,10+;. The average Bonchev–Trinajstić information content (AvgIpc) is 2.90. The normalized spacial score (nSPS) is 27.3. The van der Waals surface area contributed by atoms with Gasteiger partial charge in [0.05, 0.1) is 6.54 Å². The summed E-state index contributed by atoms with van der Waals surface area (Å²) in [5.74, 6) is 3.19. The van der Waals surface area contributed by atoms with Gasteiger partial charge in [-0.1, -0.05) is 25.9 Å². The molecule has 2 aliphatic heterocycles. The van der Waals surface area contributed by atoms with Crippen LogP contribution in [0.5, 0.6) is 0 Å². The van der Waals surface area contributed by atoms with Crippen molar-refractivity contribution in [2.24, 2.45) is 11.8 Å². The Labute approximate surface area is 120 Å². The minimum atomic E-state index is -0.0345. The summed E-state index contributed by atoms with van der Waals surface area (Å²) in [6, 6.07) is 0. The first-order valence-corrected chi connectivity index (χ1v) is 6.78. The number of hydrogen-bond donors (Lipinski definition) is 1. The molecule has 0 spiro atoms. The van der Waals surface area contributed by atoms with E-state index in [-0.39, 0.29) is 17.8 Å². The van der Waals surface area contributed by atoms with E-state index >= 15 is 0 Å². The number of halogens is 1. The molecule has 1 aromatic rings. The molecule has 2 saturated heterocycles. The van der Waals surface area contributed by atoms with Crippen molar-refractivity contribution in [3.8, 4) is 0 Å². The van der Waals surface area contributed by atoms with Crippen molar-refractivity contribution < 1.29 is 4.52 Å². The fourth-order valence-corrected chi connectivity index (χ4v) is 2.90. The maximum atomic E-state index is 5.36. The van der Waals surface area contributed by atoms with Crippen molar-refractivity contribution in [3.63, 3.8) is 0 Å². The zero-order chi connectivity index (χ0) is 12.8. The third kappa shape index (κ3) is 3.09. The second-order valence-electron chi connectivity index (χ2n) is 6.63. The molecular weight excluding hydrogens is 264 g/mol. The van der Waals surface area contributed by atoms with Crippen LogP contribution in [0.2, 0.25) is 0 Å². The molecular formula is C13H23ClN4O. The summed E-state index contributed by atoms with van der Waals surface area (Å²) in [6.07, 6.45) is 0. The highest BCUT2D eigenvalue weighted by molar-refractivity contribution is 5.85. The summed E-state index contributed by atoms with van der Waals surface area (Å²) < 4.78 is 5.36. The van der Waals surface area contributed by atoms with E-state index in [0.717, 1.165) is 56.3 Å². The summed E-state index contributed by atoms with van der Waals surface area (Å²) >= 11 is 0. The molecule has 0 aliphatic carbocycles. The van der Waals surface area contributed by atoms with Gasteiger partial charge in [-0.05, 0) is 24.9 Å². The number of fused-ring (bicyclic) bond motifs is 1. The van der Waals surface area contributed by atoms with Crippen LogP contribution in [0.1, 0.15) is 32.5 Å². The molecule has 2 atom stereocenters. The summed E-state index contributed by atoms with van der Waals surface area (Å²) in [6.45, 7) is 11.8. The van der Waals surface area contributed by atoms with Gasteiger partial charge in [0.15, 0.2) is 5.82 Å². The van der Waals surface area contributed by atoms with Gasteiger partial charge < -0.3 is 9.84 Å². The highest BCUT2D eigenvalue weighted by Gasteiger charge is 2.36. The van der Waals surface area contributed by atoms with Crippen LogP contribution in [0.25, 0.3) is 0 Å². The molecule has 0 aromatic carbocycles. The smallest absolute Gasteiger partial charge is 0.240 e. The van der Waals surface area contributed by atoms with Crippen LogP contribution in [0.15, 0.2) is 4.52 Å². The number of likely N-dealkylation sites (tertiary alicyclic amines) is 1. The quantitative estimate of drug-likeness (QED) is 0.892. The van der Waals surface area contributed by atoms with Crippen LogP contribution in [0, 0.1) is 11.8 Å². The molecule has 1 N–H and O–H groups in total. The van der Waals surface area contributed by atoms with Crippen molar-refractivity contribution in [3.05, 3.63) is 11.7 Å². The maximum absolute atomic E-state index is 5.36. The fraction of sp³-hybridized carbons (Fsp3) is 0.846. The molecule has 0 radical (unpaired) electrons. The van der Waals surface area contributed by atoms with Gasteiger partial charge in [0, 0.05) is 18.5 Å². The van der Waals surface area contributed by atoms with Gasteiger partial charge in [-0.2, -0.15) is 4.98 Å². The Hall–Kier alpha value is -0.650. The summed E-state index contributed by atoms with van der Waals surface area (Å²) in [7, 11) is 0. The fourth-order valence-electron chi connectivity index (χ4n) is 2.90. The third-order valence-electron chi connectivity index (χ3n) is 3.96. The Kier molecular flexibility index (Phi) is 4.18. The number of nitrogens with zero attached hydrogens (tertiary/aromatic N) is 3. The zero-order valence-electron chi connectivity index (χ0n) is 11.8. The van der Waals surface area contributed by atoms with Crippen molar-refractivity contribution in [2.75, 3.05) is 26.2 Å². The summed E-state index contributed by atoms with van der Waals surface area (Å²) in [5.41, 5.74) is -0.0345. The van der Waals surface area contributed by atoms with Gasteiger partial charge in [-0.25, -0.2) is 0 Å². The number of aromatic nitrogens is 2. The van der Waals surface area contributed by atoms with E-state index in [4.69, 9.17) is 4.52 Å².